The minimum atomic E-state index is -0.321. The van der Waals surface area contributed by atoms with Crippen LogP contribution in [0.25, 0.3) is 0 Å². The molecule has 0 saturated carbocycles. The van der Waals surface area contributed by atoms with Gasteiger partial charge in [-0.25, -0.2) is 4.39 Å². The van der Waals surface area contributed by atoms with Crippen LogP contribution in [0.5, 0.6) is 0 Å². The molecule has 2 aromatic rings. The van der Waals surface area contributed by atoms with Crippen molar-refractivity contribution >= 4 is 27.3 Å². The summed E-state index contributed by atoms with van der Waals surface area (Å²) in [5.74, 6) is -0.321. The molecule has 2 rings (SSSR count). The second-order valence-electron chi connectivity index (χ2n) is 5.45. The van der Waals surface area contributed by atoms with E-state index >= 15 is 0 Å². The summed E-state index contributed by atoms with van der Waals surface area (Å²) in [7, 11) is 0. The highest BCUT2D eigenvalue weighted by Crippen LogP contribution is 2.31. The molecule has 2 aromatic carbocycles. The van der Waals surface area contributed by atoms with E-state index in [4.69, 9.17) is 5.73 Å². The van der Waals surface area contributed by atoms with Gasteiger partial charge in [0.2, 0.25) is 0 Å². The molecule has 0 atom stereocenters. The predicted octanol–water partition coefficient (Wildman–Crippen LogP) is 4.56. The van der Waals surface area contributed by atoms with Gasteiger partial charge in [-0.05, 0) is 29.8 Å². The largest absolute Gasteiger partial charge is 0.397 e. The highest BCUT2D eigenvalue weighted by Gasteiger charge is 2.22. The average Bonchev–Trinajstić information content (AvgIpc) is 2.38. The Morgan fingerprint density at radius 3 is 2.55 bits per heavy atom. The van der Waals surface area contributed by atoms with E-state index in [0.29, 0.717) is 12.2 Å². The van der Waals surface area contributed by atoms with E-state index in [2.05, 4.69) is 41.2 Å². The Morgan fingerprint density at radius 1 is 1.20 bits per heavy atom. The van der Waals surface area contributed by atoms with Crippen LogP contribution >= 0.6 is 15.9 Å². The van der Waals surface area contributed by atoms with Crippen molar-refractivity contribution in [1.82, 2.24) is 0 Å². The first-order valence-electron chi connectivity index (χ1n) is 6.44. The van der Waals surface area contributed by atoms with Crippen molar-refractivity contribution in [2.24, 2.45) is 0 Å². The lowest BCUT2D eigenvalue weighted by molar-refractivity contribution is 0.554. The number of rotatable bonds is 4. The minimum absolute atomic E-state index is 0.0824. The number of anilines is 2. The lowest BCUT2D eigenvalue weighted by Gasteiger charge is -2.27. The predicted molar refractivity (Wildman–Crippen MR) is 86.5 cm³/mol. The van der Waals surface area contributed by atoms with Crippen molar-refractivity contribution in [3.05, 3.63) is 58.3 Å². The number of halogens is 2. The van der Waals surface area contributed by atoms with Gasteiger partial charge in [-0.2, -0.15) is 0 Å². The molecule has 0 fully saturated rings. The molecule has 0 spiro atoms. The van der Waals surface area contributed by atoms with Gasteiger partial charge < -0.3 is 11.1 Å². The summed E-state index contributed by atoms with van der Waals surface area (Å²) in [6.45, 7) is 5.01. The lowest BCUT2D eigenvalue weighted by Crippen LogP contribution is -2.28. The van der Waals surface area contributed by atoms with Gasteiger partial charge in [-0.3, -0.25) is 0 Å². The normalized spacial score (nSPS) is 11.4. The second kappa shape index (κ2) is 5.83. The third-order valence-corrected chi connectivity index (χ3v) is 4.03. The van der Waals surface area contributed by atoms with Gasteiger partial charge in [0.15, 0.2) is 0 Å². The van der Waals surface area contributed by atoms with Crippen LogP contribution in [-0.2, 0) is 5.41 Å². The minimum Gasteiger partial charge on any atom is -0.397 e. The quantitative estimate of drug-likeness (QED) is 0.803. The summed E-state index contributed by atoms with van der Waals surface area (Å²) in [6, 6.07) is 12.5. The van der Waals surface area contributed by atoms with Gasteiger partial charge in [0.05, 0.1) is 11.4 Å². The molecule has 0 aromatic heterocycles. The zero-order valence-corrected chi connectivity index (χ0v) is 13.2. The van der Waals surface area contributed by atoms with Crippen LogP contribution in [0.2, 0.25) is 0 Å². The molecule has 4 heteroatoms. The standard InChI is InChI=1S/C16H18BrFN2/c1-16(2,12-5-3-4-6-13(12)17)10-20-15-8-7-11(18)9-14(15)19/h3-9,20H,10,19H2,1-2H3. The van der Waals surface area contributed by atoms with E-state index in [1.54, 1.807) is 6.07 Å². The van der Waals surface area contributed by atoms with Crippen LogP contribution in [0.4, 0.5) is 15.8 Å². The van der Waals surface area contributed by atoms with Crippen molar-refractivity contribution < 1.29 is 4.39 Å². The topological polar surface area (TPSA) is 38.0 Å². The number of nitrogens with two attached hydrogens (primary N) is 1. The third-order valence-electron chi connectivity index (χ3n) is 3.34. The van der Waals surface area contributed by atoms with Crippen molar-refractivity contribution in [3.63, 3.8) is 0 Å². The number of hydrogen-bond donors (Lipinski definition) is 2. The summed E-state index contributed by atoms with van der Waals surface area (Å²) in [4.78, 5) is 0. The third kappa shape index (κ3) is 3.31. The Kier molecular flexibility index (Phi) is 4.33. The average molecular weight is 337 g/mol. The molecule has 106 valence electrons. The molecule has 20 heavy (non-hydrogen) atoms. The maximum Gasteiger partial charge on any atom is 0.125 e. The van der Waals surface area contributed by atoms with Crippen LogP contribution < -0.4 is 11.1 Å². The fraction of sp³-hybridized carbons (Fsp3) is 0.250. The maximum atomic E-state index is 13.0. The van der Waals surface area contributed by atoms with E-state index in [9.17, 15) is 4.39 Å². The van der Waals surface area contributed by atoms with Crippen molar-refractivity contribution in [2.75, 3.05) is 17.6 Å². The summed E-state index contributed by atoms with van der Waals surface area (Å²) in [6.07, 6.45) is 0. The Hall–Kier alpha value is -1.55. The molecule has 3 N–H and O–H groups in total. The van der Waals surface area contributed by atoms with Crippen LogP contribution in [0.3, 0.4) is 0 Å². The smallest absolute Gasteiger partial charge is 0.125 e. The Balaban J connectivity index is 2.15. The van der Waals surface area contributed by atoms with E-state index in [1.165, 1.54) is 17.7 Å². The molecule has 0 radical (unpaired) electrons. The first kappa shape index (κ1) is 14.9. The zero-order chi connectivity index (χ0) is 14.8. The molecule has 0 aliphatic heterocycles. The molecule has 0 heterocycles. The highest BCUT2D eigenvalue weighted by atomic mass is 79.9. The van der Waals surface area contributed by atoms with E-state index in [0.717, 1.165) is 10.2 Å². The molecule has 2 nitrogen and oxygen atoms in total. The second-order valence-corrected chi connectivity index (χ2v) is 6.30. The fourth-order valence-electron chi connectivity index (χ4n) is 2.12. The SMILES string of the molecule is CC(C)(CNc1ccc(F)cc1N)c1ccccc1Br. The molecule has 0 amide bonds. The van der Waals surface area contributed by atoms with Gasteiger partial charge in [0.1, 0.15) is 5.82 Å². The van der Waals surface area contributed by atoms with Gasteiger partial charge in [-0.1, -0.05) is 48.0 Å². The first-order chi connectivity index (χ1) is 9.40. The number of hydrogen-bond acceptors (Lipinski definition) is 2. The van der Waals surface area contributed by atoms with Gasteiger partial charge in [0, 0.05) is 16.4 Å². The van der Waals surface area contributed by atoms with Crippen molar-refractivity contribution in [2.45, 2.75) is 19.3 Å². The van der Waals surface area contributed by atoms with E-state index in [-0.39, 0.29) is 11.2 Å². The van der Waals surface area contributed by atoms with Crippen molar-refractivity contribution in [3.8, 4) is 0 Å². The Labute approximate surface area is 127 Å². The van der Waals surface area contributed by atoms with Crippen LogP contribution in [0.1, 0.15) is 19.4 Å². The molecule has 0 unspecified atom stereocenters. The summed E-state index contributed by atoms with van der Waals surface area (Å²) in [5, 5.41) is 3.29. The monoisotopic (exact) mass is 336 g/mol. The zero-order valence-electron chi connectivity index (χ0n) is 11.6. The number of benzene rings is 2. The molecule has 0 aliphatic rings. The Morgan fingerprint density at radius 2 is 1.90 bits per heavy atom. The molecule has 0 aliphatic carbocycles. The van der Waals surface area contributed by atoms with Crippen LogP contribution in [0, 0.1) is 5.82 Å². The van der Waals surface area contributed by atoms with Crippen molar-refractivity contribution in [1.29, 1.82) is 0 Å². The van der Waals surface area contributed by atoms with Crippen LogP contribution in [0.15, 0.2) is 46.9 Å². The molecule has 0 saturated heterocycles. The first-order valence-corrected chi connectivity index (χ1v) is 7.23. The van der Waals surface area contributed by atoms with Gasteiger partial charge in [0.25, 0.3) is 0 Å². The summed E-state index contributed by atoms with van der Waals surface area (Å²) >= 11 is 3.58. The number of nitrogen functional groups attached to an aromatic ring is 1. The lowest BCUT2D eigenvalue weighted by atomic mass is 9.84. The fourth-order valence-corrected chi connectivity index (χ4v) is 2.94. The maximum absolute atomic E-state index is 13.0. The molecular weight excluding hydrogens is 319 g/mol. The highest BCUT2D eigenvalue weighted by molar-refractivity contribution is 9.10. The van der Waals surface area contributed by atoms with Gasteiger partial charge in [-0.15, -0.1) is 0 Å². The summed E-state index contributed by atoms with van der Waals surface area (Å²) in [5.41, 5.74) is 8.12. The summed E-state index contributed by atoms with van der Waals surface area (Å²) < 4.78 is 14.1. The Bertz CT molecular complexity index is 611. The number of nitrogens with one attached hydrogen (secondary N) is 1. The van der Waals surface area contributed by atoms with E-state index in [1.807, 2.05) is 18.2 Å². The molecule has 0 bridgehead atoms. The van der Waals surface area contributed by atoms with Crippen LogP contribution in [-0.4, -0.2) is 6.54 Å². The molecular formula is C16H18BrFN2. The van der Waals surface area contributed by atoms with E-state index < -0.39 is 0 Å². The van der Waals surface area contributed by atoms with Gasteiger partial charge >= 0.3 is 0 Å².